The van der Waals surface area contributed by atoms with Gasteiger partial charge in [0, 0.05) is 0 Å². The number of hydrogen-bond acceptors (Lipinski definition) is 3. The number of ether oxygens (including phenoxy) is 1. The van der Waals surface area contributed by atoms with Gasteiger partial charge in [-0.1, -0.05) is 44.2 Å². The normalized spacial score (nSPS) is 11.5. The minimum Gasteiger partial charge on any atom is -0.481 e. The zero-order valence-electron chi connectivity index (χ0n) is 11.0. The summed E-state index contributed by atoms with van der Waals surface area (Å²) >= 11 is 0. The fourth-order valence-corrected chi connectivity index (χ4v) is 1.60. The molecule has 19 heavy (non-hydrogen) atoms. The Hall–Kier alpha value is -1.55. The number of carboxylic acids is 1. The first kappa shape index (κ1) is 17.4. The molecule has 0 saturated heterocycles. The van der Waals surface area contributed by atoms with Gasteiger partial charge in [0.15, 0.2) is 5.92 Å². The van der Waals surface area contributed by atoms with Crippen LogP contribution in [0, 0.1) is 11.8 Å². The number of rotatable bonds is 6. The van der Waals surface area contributed by atoms with Crippen LogP contribution in [0.3, 0.4) is 0 Å². The van der Waals surface area contributed by atoms with Gasteiger partial charge in [-0.15, -0.1) is 12.4 Å². The Morgan fingerprint density at radius 2 is 1.79 bits per heavy atom. The third kappa shape index (κ3) is 6.25. The Bertz CT molecular complexity index is 403. The topological polar surface area (TPSA) is 63.6 Å². The first-order valence-electron chi connectivity index (χ1n) is 5.94. The molecule has 106 valence electrons. The summed E-state index contributed by atoms with van der Waals surface area (Å²) in [7, 11) is 0. The minimum absolute atomic E-state index is 0. The molecule has 1 rings (SSSR count). The van der Waals surface area contributed by atoms with E-state index in [-0.39, 0.29) is 24.9 Å². The van der Waals surface area contributed by atoms with Crippen molar-refractivity contribution in [3.63, 3.8) is 0 Å². The van der Waals surface area contributed by atoms with E-state index >= 15 is 0 Å². The van der Waals surface area contributed by atoms with Crippen LogP contribution in [0.5, 0.6) is 0 Å². The summed E-state index contributed by atoms with van der Waals surface area (Å²) in [4.78, 5) is 22.7. The highest BCUT2D eigenvalue weighted by molar-refractivity contribution is 5.93. The quantitative estimate of drug-likeness (QED) is 0.645. The lowest BCUT2D eigenvalue weighted by Gasteiger charge is -2.13. The molecule has 4 nitrogen and oxygen atoms in total. The first-order chi connectivity index (χ1) is 8.50. The molecule has 0 aromatic heterocycles. The molecular weight excluding hydrogens is 268 g/mol. The Morgan fingerprint density at radius 3 is 2.26 bits per heavy atom. The third-order valence-corrected chi connectivity index (χ3v) is 2.51. The fraction of sp³-hybridized carbons (Fsp3) is 0.429. The van der Waals surface area contributed by atoms with Gasteiger partial charge in [0.1, 0.15) is 6.61 Å². The van der Waals surface area contributed by atoms with Gasteiger partial charge in [-0.25, -0.2) is 0 Å². The fourth-order valence-electron chi connectivity index (χ4n) is 1.60. The van der Waals surface area contributed by atoms with Crippen molar-refractivity contribution in [2.45, 2.75) is 26.9 Å². The van der Waals surface area contributed by atoms with Gasteiger partial charge in [-0.2, -0.15) is 0 Å². The average molecular weight is 287 g/mol. The van der Waals surface area contributed by atoms with Crippen LogP contribution in [0.4, 0.5) is 0 Å². The van der Waals surface area contributed by atoms with E-state index in [0.29, 0.717) is 6.42 Å². The average Bonchev–Trinajstić information content (AvgIpc) is 2.34. The molecule has 0 saturated carbocycles. The van der Waals surface area contributed by atoms with Gasteiger partial charge in [0.05, 0.1) is 0 Å². The number of aliphatic carboxylic acids is 1. The molecule has 0 heterocycles. The van der Waals surface area contributed by atoms with Crippen LogP contribution in [0.2, 0.25) is 0 Å². The number of carboxylic acid groups (broad SMARTS) is 1. The Morgan fingerprint density at radius 1 is 1.21 bits per heavy atom. The number of esters is 1. The van der Waals surface area contributed by atoms with Gasteiger partial charge >= 0.3 is 11.9 Å². The lowest BCUT2D eigenvalue weighted by atomic mass is 9.97. The number of hydrogen-bond donors (Lipinski definition) is 1. The van der Waals surface area contributed by atoms with Crippen molar-refractivity contribution in [2.24, 2.45) is 11.8 Å². The zero-order valence-corrected chi connectivity index (χ0v) is 11.9. The predicted molar refractivity (Wildman–Crippen MR) is 74.1 cm³/mol. The second kappa shape index (κ2) is 8.53. The molecular formula is C14H19ClO4. The zero-order chi connectivity index (χ0) is 13.5. The van der Waals surface area contributed by atoms with Gasteiger partial charge in [-0.05, 0) is 17.9 Å². The van der Waals surface area contributed by atoms with Crippen LogP contribution in [0.1, 0.15) is 25.8 Å². The monoisotopic (exact) mass is 286 g/mol. The largest absolute Gasteiger partial charge is 0.481 e. The summed E-state index contributed by atoms with van der Waals surface area (Å²) < 4.78 is 5.03. The van der Waals surface area contributed by atoms with Crippen molar-refractivity contribution in [1.29, 1.82) is 0 Å². The second-order valence-corrected chi connectivity index (χ2v) is 4.61. The molecule has 0 aliphatic heterocycles. The SMILES string of the molecule is CC(C)CC(C(=O)O)C(=O)OCc1ccccc1.Cl. The minimum atomic E-state index is -1.12. The van der Waals surface area contributed by atoms with Crippen molar-refractivity contribution in [3.05, 3.63) is 35.9 Å². The molecule has 1 aromatic rings. The van der Waals surface area contributed by atoms with E-state index in [0.717, 1.165) is 5.56 Å². The van der Waals surface area contributed by atoms with E-state index in [1.54, 1.807) is 0 Å². The van der Waals surface area contributed by atoms with E-state index in [1.165, 1.54) is 0 Å². The van der Waals surface area contributed by atoms with E-state index in [1.807, 2.05) is 44.2 Å². The summed E-state index contributed by atoms with van der Waals surface area (Å²) in [5.41, 5.74) is 0.847. The summed E-state index contributed by atoms with van der Waals surface area (Å²) in [5, 5.41) is 8.99. The molecule has 1 aromatic carbocycles. The standard InChI is InChI=1S/C14H18O4.ClH/c1-10(2)8-12(13(15)16)14(17)18-9-11-6-4-3-5-7-11;/h3-7,10,12H,8-9H2,1-2H3,(H,15,16);1H. The first-order valence-corrected chi connectivity index (χ1v) is 5.94. The molecule has 1 atom stereocenters. The molecule has 5 heteroatoms. The Kier molecular flexibility index (Phi) is 7.84. The lowest BCUT2D eigenvalue weighted by molar-refractivity contribution is -0.160. The number of benzene rings is 1. The van der Waals surface area contributed by atoms with Crippen molar-refractivity contribution >= 4 is 24.3 Å². The van der Waals surface area contributed by atoms with Crippen LogP contribution in [0.25, 0.3) is 0 Å². The molecule has 0 bridgehead atoms. The molecule has 0 amide bonds. The molecule has 0 aliphatic carbocycles. The second-order valence-electron chi connectivity index (χ2n) is 4.61. The van der Waals surface area contributed by atoms with Crippen LogP contribution >= 0.6 is 12.4 Å². The maximum absolute atomic E-state index is 11.7. The van der Waals surface area contributed by atoms with Crippen LogP contribution < -0.4 is 0 Å². The number of carbonyl (C=O) groups is 2. The van der Waals surface area contributed by atoms with Gasteiger partial charge in [0.2, 0.25) is 0 Å². The van der Waals surface area contributed by atoms with E-state index in [9.17, 15) is 9.59 Å². The summed E-state index contributed by atoms with van der Waals surface area (Å²) in [5.74, 6) is -2.73. The molecule has 0 aliphatic rings. The van der Waals surface area contributed by atoms with Crippen molar-refractivity contribution < 1.29 is 19.4 Å². The Labute approximate surface area is 119 Å². The number of carbonyl (C=O) groups excluding carboxylic acids is 1. The van der Waals surface area contributed by atoms with Crippen LogP contribution in [-0.4, -0.2) is 17.0 Å². The van der Waals surface area contributed by atoms with Crippen molar-refractivity contribution in [3.8, 4) is 0 Å². The summed E-state index contributed by atoms with van der Waals surface area (Å²) in [6.45, 7) is 3.86. The Balaban J connectivity index is 0.00000324. The van der Waals surface area contributed by atoms with E-state index in [4.69, 9.17) is 9.84 Å². The van der Waals surface area contributed by atoms with E-state index in [2.05, 4.69) is 0 Å². The molecule has 0 fully saturated rings. The van der Waals surface area contributed by atoms with Crippen LogP contribution in [0.15, 0.2) is 30.3 Å². The van der Waals surface area contributed by atoms with Gasteiger partial charge in [0.25, 0.3) is 0 Å². The third-order valence-electron chi connectivity index (χ3n) is 2.51. The highest BCUT2D eigenvalue weighted by atomic mass is 35.5. The highest BCUT2D eigenvalue weighted by Crippen LogP contribution is 2.14. The smallest absolute Gasteiger partial charge is 0.320 e. The molecule has 1 unspecified atom stereocenters. The molecule has 0 radical (unpaired) electrons. The molecule has 0 spiro atoms. The van der Waals surface area contributed by atoms with Crippen molar-refractivity contribution in [1.82, 2.24) is 0 Å². The summed E-state index contributed by atoms with van der Waals surface area (Å²) in [6.07, 6.45) is 0.295. The summed E-state index contributed by atoms with van der Waals surface area (Å²) in [6, 6.07) is 9.19. The highest BCUT2D eigenvalue weighted by Gasteiger charge is 2.28. The van der Waals surface area contributed by atoms with E-state index < -0.39 is 17.9 Å². The van der Waals surface area contributed by atoms with Gasteiger partial charge in [-0.3, -0.25) is 9.59 Å². The predicted octanol–water partition coefficient (Wildman–Crippen LogP) is 2.90. The number of halogens is 1. The maximum Gasteiger partial charge on any atom is 0.320 e. The lowest BCUT2D eigenvalue weighted by Crippen LogP contribution is -2.27. The molecule has 1 N–H and O–H groups in total. The van der Waals surface area contributed by atoms with Gasteiger partial charge < -0.3 is 9.84 Å². The maximum atomic E-state index is 11.7. The van der Waals surface area contributed by atoms with Crippen LogP contribution in [-0.2, 0) is 20.9 Å². The van der Waals surface area contributed by atoms with Crippen molar-refractivity contribution in [2.75, 3.05) is 0 Å².